The molecule has 1 aliphatic carbocycles. The fourth-order valence-corrected chi connectivity index (χ4v) is 3.98. The van der Waals surface area contributed by atoms with E-state index in [-0.39, 0.29) is 5.56 Å². The number of benzene rings is 1. The molecule has 0 bridgehead atoms. The van der Waals surface area contributed by atoms with Crippen molar-refractivity contribution in [3.8, 4) is 22.4 Å². The molecule has 3 aromatic heterocycles. The van der Waals surface area contributed by atoms with Gasteiger partial charge in [-0.3, -0.25) is 19.7 Å². The zero-order valence-electron chi connectivity index (χ0n) is 17.0. The molecule has 5 nitrogen and oxygen atoms in total. The van der Waals surface area contributed by atoms with Gasteiger partial charge in [0.05, 0.1) is 23.7 Å². The summed E-state index contributed by atoms with van der Waals surface area (Å²) in [4.78, 5) is 24.9. The molecule has 0 unspecified atom stereocenters. The van der Waals surface area contributed by atoms with E-state index in [1.165, 1.54) is 11.8 Å². The minimum Gasteiger partial charge on any atom is -0.317 e. The Morgan fingerprint density at radius 1 is 0.875 bits per heavy atom. The van der Waals surface area contributed by atoms with E-state index >= 15 is 0 Å². The summed E-state index contributed by atoms with van der Waals surface area (Å²) in [5.41, 5.74) is 5.74. The molecular weight excluding hydrogens is 410 g/mol. The van der Waals surface area contributed by atoms with Crippen LogP contribution in [-0.2, 0) is 12.8 Å². The minimum atomic E-state index is -0.932. The van der Waals surface area contributed by atoms with Crippen LogP contribution in [0, 0.1) is 11.6 Å². The topological polar surface area (TPSA) is 67.8 Å². The summed E-state index contributed by atoms with van der Waals surface area (Å²) in [5.74, 6) is -2.49. The standard InChI is InChI=1S/C25H18F2N4O/c26-21-13-29-14-22(27)24(21)31-25(32)19-9-17-4-1-3-15-6-7-16(18-5-2-8-28-11-18)10-20(15)23(17)30-12-19/h2,5-14H,1,3-4H2,(H,29,31,32). The van der Waals surface area contributed by atoms with Crippen molar-refractivity contribution in [2.75, 3.05) is 5.32 Å². The highest BCUT2D eigenvalue weighted by atomic mass is 19.1. The number of pyridine rings is 3. The Kier molecular flexibility index (Phi) is 5.15. The van der Waals surface area contributed by atoms with Crippen molar-refractivity contribution >= 4 is 11.6 Å². The smallest absolute Gasteiger partial charge is 0.257 e. The first-order valence-electron chi connectivity index (χ1n) is 10.2. The van der Waals surface area contributed by atoms with Gasteiger partial charge in [-0.1, -0.05) is 18.2 Å². The van der Waals surface area contributed by atoms with Crippen LogP contribution in [0.25, 0.3) is 22.4 Å². The molecule has 1 amide bonds. The number of rotatable bonds is 3. The summed E-state index contributed by atoms with van der Waals surface area (Å²) in [6, 6.07) is 12.0. The quantitative estimate of drug-likeness (QED) is 0.486. The molecule has 0 saturated carbocycles. The average molecular weight is 428 g/mol. The Labute approximate surface area is 183 Å². The average Bonchev–Trinajstić information content (AvgIpc) is 3.00. The molecule has 5 rings (SSSR count). The van der Waals surface area contributed by atoms with Crippen molar-refractivity contribution < 1.29 is 13.6 Å². The molecule has 0 fully saturated rings. The zero-order chi connectivity index (χ0) is 22.1. The van der Waals surface area contributed by atoms with Gasteiger partial charge in [-0.05, 0) is 54.2 Å². The number of anilines is 1. The van der Waals surface area contributed by atoms with Gasteiger partial charge in [-0.15, -0.1) is 0 Å². The summed E-state index contributed by atoms with van der Waals surface area (Å²) in [5, 5.41) is 2.29. The second-order valence-corrected chi connectivity index (χ2v) is 7.63. The van der Waals surface area contributed by atoms with E-state index < -0.39 is 23.2 Å². The van der Waals surface area contributed by atoms with Gasteiger partial charge in [0, 0.05) is 29.7 Å². The number of fused-ring (bicyclic) bond motifs is 3. The lowest BCUT2D eigenvalue weighted by Crippen LogP contribution is -2.15. The van der Waals surface area contributed by atoms with E-state index in [2.05, 4.69) is 38.5 Å². The highest BCUT2D eigenvalue weighted by molar-refractivity contribution is 6.04. The van der Waals surface area contributed by atoms with Gasteiger partial charge in [-0.25, -0.2) is 8.78 Å². The third-order valence-corrected chi connectivity index (χ3v) is 5.57. The van der Waals surface area contributed by atoms with Crippen molar-refractivity contribution in [2.45, 2.75) is 19.3 Å². The van der Waals surface area contributed by atoms with Gasteiger partial charge in [0.25, 0.3) is 5.91 Å². The molecule has 1 N–H and O–H groups in total. The van der Waals surface area contributed by atoms with Crippen molar-refractivity contribution in [1.82, 2.24) is 15.0 Å². The van der Waals surface area contributed by atoms with Crippen LogP contribution in [0.2, 0.25) is 0 Å². The molecule has 7 heteroatoms. The number of carbonyl (C=O) groups is 1. The molecule has 32 heavy (non-hydrogen) atoms. The van der Waals surface area contributed by atoms with E-state index in [0.717, 1.165) is 59.6 Å². The third-order valence-electron chi connectivity index (χ3n) is 5.57. The predicted molar refractivity (Wildman–Crippen MR) is 117 cm³/mol. The van der Waals surface area contributed by atoms with Crippen LogP contribution < -0.4 is 5.32 Å². The molecule has 0 atom stereocenters. The Bertz CT molecular complexity index is 1300. The molecule has 0 aliphatic heterocycles. The SMILES string of the molecule is O=C(Nc1c(F)cncc1F)c1cnc2c(c1)CCCc1ccc(-c3cccnc3)cc1-2. The first-order chi connectivity index (χ1) is 15.6. The van der Waals surface area contributed by atoms with Crippen molar-refractivity contribution in [1.29, 1.82) is 0 Å². The molecule has 1 aliphatic rings. The number of aromatic nitrogens is 3. The predicted octanol–water partition coefficient (Wildman–Crippen LogP) is 5.22. The molecule has 0 radical (unpaired) electrons. The van der Waals surface area contributed by atoms with E-state index in [4.69, 9.17) is 0 Å². The molecular formula is C25H18F2N4O. The fraction of sp³-hybridized carbons (Fsp3) is 0.120. The largest absolute Gasteiger partial charge is 0.317 e. The van der Waals surface area contributed by atoms with E-state index in [9.17, 15) is 13.6 Å². The Hall–Kier alpha value is -4.00. The highest BCUT2D eigenvalue weighted by Crippen LogP contribution is 2.34. The van der Waals surface area contributed by atoms with Gasteiger partial charge in [0.15, 0.2) is 11.6 Å². The van der Waals surface area contributed by atoms with Crippen LogP contribution in [0.3, 0.4) is 0 Å². The first kappa shape index (κ1) is 19.9. The van der Waals surface area contributed by atoms with Crippen LogP contribution in [0.15, 0.2) is 67.4 Å². The number of nitrogens with zero attached hydrogens (tertiary/aromatic N) is 3. The number of hydrogen-bond donors (Lipinski definition) is 1. The minimum absolute atomic E-state index is 0.242. The zero-order valence-corrected chi connectivity index (χ0v) is 17.0. The summed E-state index contributed by atoms with van der Waals surface area (Å²) < 4.78 is 27.7. The Morgan fingerprint density at radius 2 is 1.69 bits per heavy atom. The molecule has 3 heterocycles. The van der Waals surface area contributed by atoms with Crippen LogP contribution >= 0.6 is 0 Å². The summed E-state index contributed by atoms with van der Waals surface area (Å²) in [6.07, 6.45) is 9.25. The van der Waals surface area contributed by atoms with E-state index in [1.54, 1.807) is 12.3 Å². The summed E-state index contributed by atoms with van der Waals surface area (Å²) in [6.45, 7) is 0. The van der Waals surface area contributed by atoms with Crippen LogP contribution in [0.4, 0.5) is 14.5 Å². The lowest BCUT2D eigenvalue weighted by atomic mass is 9.96. The van der Waals surface area contributed by atoms with Gasteiger partial charge in [0.1, 0.15) is 5.69 Å². The lowest BCUT2D eigenvalue weighted by molar-refractivity contribution is 0.102. The Morgan fingerprint density at radius 3 is 2.47 bits per heavy atom. The summed E-state index contributed by atoms with van der Waals surface area (Å²) >= 11 is 0. The normalized spacial score (nSPS) is 12.4. The molecule has 158 valence electrons. The van der Waals surface area contributed by atoms with Gasteiger partial charge in [0.2, 0.25) is 0 Å². The number of amides is 1. The van der Waals surface area contributed by atoms with E-state index in [0.29, 0.717) is 0 Å². The number of halogens is 2. The van der Waals surface area contributed by atoms with Crippen LogP contribution in [0.5, 0.6) is 0 Å². The maximum Gasteiger partial charge on any atom is 0.257 e. The Balaban J connectivity index is 1.51. The van der Waals surface area contributed by atoms with Crippen LogP contribution in [-0.4, -0.2) is 20.9 Å². The highest BCUT2D eigenvalue weighted by Gasteiger charge is 2.20. The first-order valence-corrected chi connectivity index (χ1v) is 10.2. The number of carbonyl (C=O) groups excluding carboxylic acids is 1. The van der Waals surface area contributed by atoms with Crippen molar-refractivity contribution in [2.24, 2.45) is 0 Å². The number of hydrogen-bond acceptors (Lipinski definition) is 4. The molecule has 0 saturated heterocycles. The van der Waals surface area contributed by atoms with Gasteiger partial charge < -0.3 is 5.32 Å². The molecule has 4 aromatic rings. The second-order valence-electron chi connectivity index (χ2n) is 7.63. The van der Waals surface area contributed by atoms with Gasteiger partial charge >= 0.3 is 0 Å². The second kappa shape index (κ2) is 8.26. The van der Waals surface area contributed by atoms with E-state index in [1.807, 2.05) is 18.3 Å². The fourth-order valence-electron chi connectivity index (χ4n) is 3.98. The maximum absolute atomic E-state index is 13.9. The maximum atomic E-state index is 13.9. The number of nitrogens with one attached hydrogen (secondary N) is 1. The lowest BCUT2D eigenvalue weighted by Gasteiger charge is -2.12. The monoisotopic (exact) mass is 428 g/mol. The summed E-state index contributed by atoms with van der Waals surface area (Å²) in [7, 11) is 0. The number of aryl methyl sites for hydroxylation is 2. The van der Waals surface area contributed by atoms with Crippen LogP contribution in [0.1, 0.15) is 27.9 Å². The van der Waals surface area contributed by atoms with Crippen molar-refractivity contribution in [3.63, 3.8) is 0 Å². The van der Waals surface area contributed by atoms with Crippen molar-refractivity contribution in [3.05, 3.63) is 95.7 Å². The van der Waals surface area contributed by atoms with Gasteiger partial charge in [-0.2, -0.15) is 0 Å². The molecule has 1 aromatic carbocycles. The molecule has 0 spiro atoms. The third kappa shape index (κ3) is 3.73.